The molecule has 0 saturated carbocycles. The molecule has 0 heterocycles. The molecule has 0 bridgehead atoms. The molecule has 4 aromatic rings. The Morgan fingerprint density at radius 1 is 0.731 bits per heavy atom. The summed E-state index contributed by atoms with van der Waals surface area (Å²) in [5, 5.41) is 5.26. The first kappa shape index (κ1) is 20.9. The van der Waals surface area contributed by atoms with E-state index >= 15 is 0 Å². The monoisotopic (exact) mass is 433 g/mol. The van der Waals surface area contributed by atoms with Gasteiger partial charge in [0.05, 0.1) is 0 Å². The second kappa shape index (κ2) is 8.55. The Bertz CT molecular complexity index is 1000. The molecule has 0 aliphatic heterocycles. The zero-order chi connectivity index (χ0) is 18.0. The van der Waals surface area contributed by atoms with Crippen molar-refractivity contribution in [2.75, 3.05) is 0 Å². The van der Waals surface area contributed by atoms with Crippen LogP contribution in [0, 0.1) is 6.92 Å². The average molecular weight is 435 g/mol. The average Bonchev–Trinajstić information content (AvgIpc) is 2.93. The smallest absolute Gasteiger partial charge is 0.0411 e. The quantitative estimate of drug-likeness (QED) is 0.213. The van der Waals surface area contributed by atoms with Crippen LogP contribution in [0.2, 0.25) is 26.2 Å². The molecule has 0 N–H and O–H groups in total. The maximum absolute atomic E-state index is 2.33. The molecule has 4 rings (SSSR count). The van der Waals surface area contributed by atoms with Gasteiger partial charge in [0, 0.05) is 34.3 Å². The predicted molar refractivity (Wildman–Crippen MR) is 116 cm³/mol. The van der Waals surface area contributed by atoms with E-state index in [0.29, 0.717) is 0 Å². The standard InChI is InChI=1S/C20H15.C4H12Si.Zr/c1-14-11-17-7-4-8-19(20(17)12-14)18-10-9-15-5-2-3-6-16(15)13-18;1-5(2,3)4;/h2-13H,1H3;1-4H3;/q-1;;. The summed E-state index contributed by atoms with van der Waals surface area (Å²) in [6, 6.07) is 26.3. The maximum Gasteiger partial charge on any atom is 0.0411 e. The normalized spacial score (nSPS) is 11.0. The summed E-state index contributed by atoms with van der Waals surface area (Å²) in [5.41, 5.74) is 3.94. The molecular weight excluding hydrogens is 408 g/mol. The fourth-order valence-corrected chi connectivity index (χ4v) is 2.99. The minimum absolute atomic E-state index is 0. The third kappa shape index (κ3) is 5.32. The summed E-state index contributed by atoms with van der Waals surface area (Å²) in [4.78, 5) is 0. The van der Waals surface area contributed by atoms with E-state index < -0.39 is 8.07 Å². The predicted octanol–water partition coefficient (Wildman–Crippen LogP) is 7.64. The van der Waals surface area contributed by atoms with Crippen molar-refractivity contribution in [3.05, 3.63) is 78.4 Å². The van der Waals surface area contributed by atoms with E-state index in [1.807, 2.05) is 0 Å². The Morgan fingerprint density at radius 3 is 2.08 bits per heavy atom. The van der Waals surface area contributed by atoms with Gasteiger partial charge in [0.1, 0.15) is 0 Å². The fraction of sp³-hybridized carbons (Fsp3) is 0.208. The molecule has 0 fully saturated rings. The molecule has 0 aromatic heterocycles. The summed E-state index contributed by atoms with van der Waals surface area (Å²) in [5.74, 6) is 0. The minimum atomic E-state index is -0.611. The zero-order valence-corrected chi connectivity index (χ0v) is 19.9. The van der Waals surface area contributed by atoms with Crippen molar-refractivity contribution in [3.63, 3.8) is 0 Å². The Balaban J connectivity index is 0.000000362. The summed E-state index contributed by atoms with van der Waals surface area (Å²) in [6.45, 7) is 11.5. The first-order valence-corrected chi connectivity index (χ1v) is 13.0. The van der Waals surface area contributed by atoms with Crippen molar-refractivity contribution >= 4 is 29.6 Å². The number of rotatable bonds is 1. The van der Waals surface area contributed by atoms with Crippen LogP contribution < -0.4 is 0 Å². The number of hydrogen-bond acceptors (Lipinski definition) is 0. The maximum atomic E-state index is 2.33. The van der Waals surface area contributed by atoms with Gasteiger partial charge in [0.2, 0.25) is 0 Å². The second-order valence-electron chi connectivity index (χ2n) is 8.40. The van der Waals surface area contributed by atoms with Crippen LogP contribution in [0.4, 0.5) is 0 Å². The molecule has 0 nitrogen and oxygen atoms in total. The fourth-order valence-electron chi connectivity index (χ4n) is 2.99. The summed E-state index contributed by atoms with van der Waals surface area (Å²) >= 11 is 0. The molecule has 0 aliphatic carbocycles. The van der Waals surface area contributed by atoms with E-state index in [2.05, 4.69) is 106 Å². The Labute approximate surface area is 177 Å². The van der Waals surface area contributed by atoms with Crippen LogP contribution in [0.3, 0.4) is 0 Å². The Morgan fingerprint density at radius 2 is 1.38 bits per heavy atom. The van der Waals surface area contributed by atoms with Crippen LogP contribution in [0.1, 0.15) is 5.56 Å². The van der Waals surface area contributed by atoms with E-state index in [1.54, 1.807) is 0 Å². The first-order valence-electron chi connectivity index (χ1n) is 8.96. The van der Waals surface area contributed by atoms with Gasteiger partial charge in [-0.15, -0.1) is 34.5 Å². The first-order chi connectivity index (χ1) is 11.8. The van der Waals surface area contributed by atoms with Crippen LogP contribution in [-0.4, -0.2) is 8.07 Å². The van der Waals surface area contributed by atoms with Gasteiger partial charge in [-0.05, 0) is 22.4 Å². The van der Waals surface area contributed by atoms with Crippen molar-refractivity contribution in [2.24, 2.45) is 0 Å². The molecule has 0 unspecified atom stereocenters. The minimum Gasteiger partial charge on any atom is -0.165 e. The molecule has 0 amide bonds. The molecule has 0 spiro atoms. The van der Waals surface area contributed by atoms with E-state index in [-0.39, 0.29) is 26.2 Å². The molecule has 26 heavy (non-hydrogen) atoms. The number of benzene rings is 3. The van der Waals surface area contributed by atoms with Gasteiger partial charge < -0.3 is 0 Å². The van der Waals surface area contributed by atoms with Gasteiger partial charge in [-0.25, -0.2) is 0 Å². The number of fused-ring (bicyclic) bond motifs is 2. The van der Waals surface area contributed by atoms with Crippen LogP contribution >= 0.6 is 0 Å². The topological polar surface area (TPSA) is 0 Å². The number of aryl methyl sites for hydroxylation is 1. The molecule has 0 aliphatic rings. The Kier molecular flexibility index (Phi) is 6.88. The van der Waals surface area contributed by atoms with Gasteiger partial charge in [-0.2, -0.15) is 6.07 Å². The second-order valence-corrected chi connectivity index (χ2v) is 14.4. The largest absolute Gasteiger partial charge is 0.165 e. The van der Waals surface area contributed by atoms with Crippen LogP contribution in [0.5, 0.6) is 0 Å². The van der Waals surface area contributed by atoms with Gasteiger partial charge in [-0.3, -0.25) is 0 Å². The molecule has 2 heteroatoms. The van der Waals surface area contributed by atoms with E-state index in [0.717, 1.165) is 0 Å². The van der Waals surface area contributed by atoms with E-state index in [1.165, 1.54) is 38.2 Å². The molecule has 0 saturated heterocycles. The van der Waals surface area contributed by atoms with Crippen LogP contribution in [0.15, 0.2) is 72.8 Å². The number of hydrogen-bond donors (Lipinski definition) is 0. The van der Waals surface area contributed by atoms with Crippen molar-refractivity contribution in [2.45, 2.75) is 33.1 Å². The van der Waals surface area contributed by atoms with Crippen molar-refractivity contribution < 1.29 is 26.2 Å². The summed E-state index contributed by atoms with van der Waals surface area (Å²) < 4.78 is 0. The molecule has 0 atom stereocenters. The molecule has 132 valence electrons. The van der Waals surface area contributed by atoms with Gasteiger partial charge in [-0.1, -0.05) is 81.1 Å². The zero-order valence-electron chi connectivity index (χ0n) is 16.4. The molecule has 0 radical (unpaired) electrons. The third-order valence-corrected chi connectivity index (χ3v) is 3.96. The van der Waals surface area contributed by atoms with Crippen molar-refractivity contribution in [1.29, 1.82) is 0 Å². The molecule has 4 aromatic carbocycles. The van der Waals surface area contributed by atoms with Gasteiger partial charge in [0.15, 0.2) is 0 Å². The third-order valence-electron chi connectivity index (χ3n) is 3.96. The van der Waals surface area contributed by atoms with Crippen molar-refractivity contribution in [1.82, 2.24) is 0 Å². The van der Waals surface area contributed by atoms with E-state index in [4.69, 9.17) is 0 Å². The van der Waals surface area contributed by atoms with Gasteiger partial charge >= 0.3 is 0 Å². The van der Waals surface area contributed by atoms with Crippen molar-refractivity contribution in [3.8, 4) is 11.1 Å². The van der Waals surface area contributed by atoms with E-state index in [9.17, 15) is 0 Å². The molecular formula is C24H27SiZr-. The Hall–Kier alpha value is -1.37. The summed E-state index contributed by atoms with van der Waals surface area (Å²) in [6.07, 6.45) is 0. The SMILES string of the molecule is C[Si](C)(C)C.Cc1cc2c(-c3ccc4ccccc4c3)cccc2[cH-]1.[Zr]. The summed E-state index contributed by atoms with van der Waals surface area (Å²) in [7, 11) is -0.611. The van der Waals surface area contributed by atoms with Crippen LogP contribution in [-0.2, 0) is 26.2 Å². The van der Waals surface area contributed by atoms with Crippen LogP contribution in [0.25, 0.3) is 32.7 Å². The van der Waals surface area contributed by atoms with Gasteiger partial charge in [0.25, 0.3) is 0 Å².